The Kier molecular flexibility index (Phi) is 3.82. The summed E-state index contributed by atoms with van der Waals surface area (Å²) >= 11 is 8.88. The number of hydrogen-bond donors (Lipinski definition) is 1. The van der Waals surface area contributed by atoms with Gasteiger partial charge in [0.05, 0.1) is 10.6 Å². The predicted molar refractivity (Wildman–Crippen MR) is 76.4 cm³/mol. The van der Waals surface area contributed by atoms with E-state index < -0.39 is 0 Å². The van der Waals surface area contributed by atoms with E-state index in [1.54, 1.807) is 0 Å². The third kappa shape index (κ3) is 2.83. The van der Waals surface area contributed by atoms with Crippen molar-refractivity contribution in [3.05, 3.63) is 20.6 Å². The molecule has 1 saturated heterocycles. The molecule has 3 nitrogen and oxygen atoms in total. The van der Waals surface area contributed by atoms with Crippen LogP contribution in [0.4, 0.5) is 0 Å². The lowest BCUT2D eigenvalue weighted by molar-refractivity contribution is 0.0156. The van der Waals surface area contributed by atoms with Crippen molar-refractivity contribution in [3.63, 3.8) is 0 Å². The van der Waals surface area contributed by atoms with E-state index in [0.717, 1.165) is 29.7 Å². The van der Waals surface area contributed by atoms with Gasteiger partial charge in [-0.15, -0.1) is 0 Å². The van der Waals surface area contributed by atoms with Gasteiger partial charge in [0.2, 0.25) is 0 Å². The second kappa shape index (κ2) is 5.39. The van der Waals surface area contributed by atoms with Crippen LogP contribution in [0.5, 0.6) is 0 Å². The van der Waals surface area contributed by atoms with E-state index in [1.165, 1.54) is 31.4 Å². The number of halogens is 1. The summed E-state index contributed by atoms with van der Waals surface area (Å²) in [5.74, 6) is 1.63. The summed E-state index contributed by atoms with van der Waals surface area (Å²) in [6, 6.07) is 0. The average Bonchev–Trinajstić information content (AvgIpc) is 3.19. The Morgan fingerprint density at radius 3 is 2.83 bits per heavy atom. The lowest BCUT2D eigenvalue weighted by Gasteiger charge is -2.22. The van der Waals surface area contributed by atoms with Gasteiger partial charge in [0.25, 0.3) is 0 Å². The molecule has 1 unspecified atom stereocenters. The zero-order valence-electron chi connectivity index (χ0n) is 10.2. The van der Waals surface area contributed by atoms with E-state index >= 15 is 0 Å². The summed E-state index contributed by atoms with van der Waals surface area (Å²) in [5.41, 5.74) is 1.24. The molecule has 1 aromatic heterocycles. The minimum absolute atomic E-state index is 0.310. The normalized spacial score (nSPS) is 24.2. The highest BCUT2D eigenvalue weighted by Gasteiger charge is 2.28. The van der Waals surface area contributed by atoms with E-state index in [2.05, 4.69) is 25.9 Å². The highest BCUT2D eigenvalue weighted by Crippen LogP contribution is 2.42. The third-order valence-corrected chi connectivity index (χ3v) is 4.98. The minimum atomic E-state index is 0.310. The first-order chi connectivity index (χ1) is 8.74. The van der Waals surface area contributed by atoms with E-state index in [1.807, 2.05) is 0 Å². The Labute approximate surface area is 120 Å². The molecule has 1 aromatic rings. The number of ether oxygens (including phenoxy) is 1. The maximum atomic E-state index is 5.76. The molecule has 1 N–H and O–H groups in total. The van der Waals surface area contributed by atoms with Crippen LogP contribution in [0.3, 0.4) is 0 Å². The Balaban J connectivity index is 1.80. The molecule has 0 radical (unpaired) electrons. The van der Waals surface area contributed by atoms with Gasteiger partial charge in [-0.3, -0.25) is 0 Å². The Morgan fingerprint density at radius 1 is 1.33 bits per heavy atom. The van der Waals surface area contributed by atoms with Gasteiger partial charge in [0.1, 0.15) is 10.5 Å². The van der Waals surface area contributed by atoms with Crippen molar-refractivity contribution >= 4 is 28.1 Å². The molecule has 5 heteroatoms. The fraction of sp³-hybridized carbons (Fsp3) is 0.692. The molecule has 0 aromatic carbocycles. The number of rotatable bonds is 3. The van der Waals surface area contributed by atoms with Gasteiger partial charge in [-0.2, -0.15) is 0 Å². The zero-order chi connectivity index (χ0) is 12.5. The largest absolute Gasteiger partial charge is 0.378 e. The van der Waals surface area contributed by atoms with Crippen LogP contribution >= 0.6 is 28.1 Å². The highest BCUT2D eigenvalue weighted by atomic mass is 79.9. The lowest BCUT2D eigenvalue weighted by atomic mass is 10.1. The summed E-state index contributed by atoms with van der Waals surface area (Å²) in [7, 11) is 0. The lowest BCUT2D eigenvalue weighted by Crippen LogP contribution is -2.22. The fourth-order valence-electron chi connectivity index (χ4n) is 2.46. The van der Waals surface area contributed by atoms with Crippen LogP contribution in [-0.2, 0) is 11.2 Å². The van der Waals surface area contributed by atoms with Crippen LogP contribution in [-0.4, -0.2) is 22.7 Å². The maximum absolute atomic E-state index is 5.76. The van der Waals surface area contributed by atoms with Gasteiger partial charge in [0.15, 0.2) is 0 Å². The molecule has 0 amide bonds. The third-order valence-electron chi connectivity index (χ3n) is 3.62. The molecule has 1 aliphatic carbocycles. The van der Waals surface area contributed by atoms with Gasteiger partial charge >= 0.3 is 0 Å². The summed E-state index contributed by atoms with van der Waals surface area (Å²) in [5, 5.41) is 0. The molecule has 3 rings (SSSR count). The average molecular weight is 329 g/mol. The number of aromatic amines is 1. The molecular formula is C13H17BrN2OS. The smallest absolute Gasteiger partial charge is 0.144 e. The summed E-state index contributed by atoms with van der Waals surface area (Å²) < 4.78 is 7.42. The number of aromatic nitrogens is 2. The van der Waals surface area contributed by atoms with Gasteiger partial charge < -0.3 is 9.72 Å². The van der Waals surface area contributed by atoms with E-state index in [4.69, 9.17) is 17.0 Å². The van der Waals surface area contributed by atoms with Crippen LogP contribution in [0.2, 0.25) is 0 Å². The standard InChI is InChI=1S/C13H17BrN2OS/c14-11-12(8-4-5-8)15-10(16-13(11)18)7-9-3-1-2-6-17-9/h8-9H,1-7H2,(H,15,16,18). The van der Waals surface area contributed by atoms with Crippen LogP contribution < -0.4 is 0 Å². The Bertz CT molecular complexity index is 492. The molecule has 2 fully saturated rings. The Morgan fingerprint density at radius 2 is 2.17 bits per heavy atom. The van der Waals surface area contributed by atoms with Crippen molar-refractivity contribution in [2.45, 2.75) is 50.5 Å². The summed E-state index contributed by atoms with van der Waals surface area (Å²) in [4.78, 5) is 7.93. The quantitative estimate of drug-likeness (QED) is 0.855. The second-order valence-corrected chi connectivity index (χ2v) is 6.36. The summed E-state index contributed by atoms with van der Waals surface area (Å²) in [6.45, 7) is 0.886. The second-order valence-electron chi connectivity index (χ2n) is 5.18. The van der Waals surface area contributed by atoms with Crippen molar-refractivity contribution in [1.82, 2.24) is 9.97 Å². The van der Waals surface area contributed by atoms with Crippen LogP contribution in [0.25, 0.3) is 0 Å². The summed E-state index contributed by atoms with van der Waals surface area (Å²) in [6.07, 6.45) is 7.27. The SMILES string of the molecule is S=c1nc(CC2CCCCO2)[nH]c(C2CC2)c1Br. The van der Waals surface area contributed by atoms with Gasteiger partial charge in [-0.1, -0.05) is 12.2 Å². The molecule has 2 aliphatic rings. The van der Waals surface area contributed by atoms with Crippen molar-refractivity contribution in [2.24, 2.45) is 0 Å². The molecule has 1 saturated carbocycles. The molecule has 0 spiro atoms. The fourth-order valence-corrected chi connectivity index (χ4v) is 3.19. The molecule has 1 aliphatic heterocycles. The molecule has 18 heavy (non-hydrogen) atoms. The Hall–Kier alpha value is -0.260. The van der Waals surface area contributed by atoms with E-state index in [9.17, 15) is 0 Å². The minimum Gasteiger partial charge on any atom is -0.378 e. The first-order valence-electron chi connectivity index (χ1n) is 6.64. The van der Waals surface area contributed by atoms with Crippen LogP contribution in [0.15, 0.2) is 4.47 Å². The number of H-pyrrole nitrogens is 1. The van der Waals surface area contributed by atoms with Gasteiger partial charge in [0, 0.05) is 24.6 Å². The monoisotopic (exact) mass is 328 g/mol. The number of nitrogens with one attached hydrogen (secondary N) is 1. The molecule has 0 bridgehead atoms. The maximum Gasteiger partial charge on any atom is 0.144 e. The van der Waals surface area contributed by atoms with Crippen molar-refractivity contribution in [2.75, 3.05) is 6.61 Å². The van der Waals surface area contributed by atoms with Gasteiger partial charge in [-0.25, -0.2) is 4.98 Å². The topological polar surface area (TPSA) is 37.9 Å². The van der Waals surface area contributed by atoms with Crippen molar-refractivity contribution in [1.29, 1.82) is 0 Å². The van der Waals surface area contributed by atoms with Crippen LogP contribution in [0.1, 0.15) is 49.5 Å². The van der Waals surface area contributed by atoms with E-state index in [-0.39, 0.29) is 0 Å². The first kappa shape index (κ1) is 12.8. The molecular weight excluding hydrogens is 312 g/mol. The van der Waals surface area contributed by atoms with E-state index in [0.29, 0.717) is 16.7 Å². The number of hydrogen-bond acceptors (Lipinski definition) is 3. The predicted octanol–water partition coefficient (Wildman–Crippen LogP) is 3.89. The molecule has 2 heterocycles. The number of nitrogens with zero attached hydrogens (tertiary/aromatic N) is 1. The van der Waals surface area contributed by atoms with Crippen LogP contribution in [0, 0.1) is 4.64 Å². The van der Waals surface area contributed by atoms with Crippen molar-refractivity contribution < 1.29 is 4.74 Å². The van der Waals surface area contributed by atoms with Crippen molar-refractivity contribution in [3.8, 4) is 0 Å². The highest BCUT2D eigenvalue weighted by molar-refractivity contribution is 9.10. The molecule has 1 atom stereocenters. The zero-order valence-corrected chi connectivity index (χ0v) is 12.6. The first-order valence-corrected chi connectivity index (χ1v) is 7.84. The van der Waals surface area contributed by atoms with Gasteiger partial charge in [-0.05, 0) is 48.0 Å². The molecule has 98 valence electrons.